The first-order valence-electron chi connectivity index (χ1n) is 51.3. The second-order valence-corrected chi connectivity index (χ2v) is 34.1. The molecule has 0 aliphatic carbocycles. The molecule has 0 fully saturated rings. The molecule has 0 bridgehead atoms. The minimum atomic E-state index is -2.50. The molecular weight excluding hydrogens is 2510 g/mol. The summed E-state index contributed by atoms with van der Waals surface area (Å²) in [6.45, 7) is 15.2. The van der Waals surface area contributed by atoms with Crippen LogP contribution in [0.1, 0.15) is 120 Å². The average Bonchev–Trinajstić information content (AvgIpc) is 1.05. The average molecular weight is 2630 g/mol. The fraction of sp³-hybridized carbons (Fsp3) is 0.126. The van der Waals surface area contributed by atoms with Crippen LogP contribution in [-0.2, 0) is 80.4 Å². The standard InChI is InChI=1S/C22H19N2.C20H17N2O.C18H13N2O.C17H11N2O.2C13H12N.2C12H10N.4Ir/c1-16(2)18-12-6-8-14-20(18)24-21-15-9-7-13-19(21)23-22(24)17-10-4-3-5-11-17;1-12(2)14-9-10-21-18(11-14)17-6-4-5-15-16-8-7-13(3)22-20(16)23-19(15)17;1-11-8-9-19-16(10-11)15-5-3-4-13-14-7-6-12(2)20-18(14)21-17(13)15;1-11-8-9-13-12-5-4-6-14(15-7-2-3-10-18-15)16(12)20-17(13)19-11;2*1-10-8-13(14-9-11(10)2)12-6-4-3-5-7-12;2*1-10-7-8-12(13-9-10)11-5-3-2-4-6-11;;;;/h3-10,12-16H,1-2H3;4-5,7-12H,1-3H3;3-4,6-10H,1-2H3;2-5,7-10H,1H3;2*3-6,8-9H,1-2H3;2*2-5,7-9H,1H3;;;;/q8*-1;;;;/i;12D;;;1D3,2D3;;1D3;;;;;. The molecule has 0 N–H and O–H groups in total. The van der Waals surface area contributed by atoms with E-state index in [1.165, 1.54) is 40.2 Å². The molecule has 0 spiro atoms. The monoisotopic (exact) mass is 2630 g/mol. The van der Waals surface area contributed by atoms with Crippen LogP contribution < -0.4 is 0 Å². The fourth-order valence-corrected chi connectivity index (χ4v) is 15.7. The Bertz CT molecular complexity index is 8860. The normalized spacial score (nSPS) is 11.9. The van der Waals surface area contributed by atoms with Crippen molar-refractivity contribution in [2.24, 2.45) is 0 Å². The number of nitrogens with zero attached hydrogens (tertiary/aromatic N) is 12. The van der Waals surface area contributed by atoms with Gasteiger partial charge in [0.25, 0.3) is 0 Å². The predicted octanol–water partition coefficient (Wildman–Crippen LogP) is 31.5. The Balaban J connectivity index is 0.000000148. The van der Waals surface area contributed by atoms with Crippen molar-refractivity contribution in [3.8, 4) is 95.9 Å². The second kappa shape index (κ2) is 51.6. The number of rotatable bonds is 11. The van der Waals surface area contributed by atoms with Gasteiger partial charge >= 0.3 is 0 Å². The number of para-hydroxylation sites is 3. The van der Waals surface area contributed by atoms with Gasteiger partial charge in [0.1, 0.15) is 0 Å². The molecule has 24 rings (SSSR count). The molecule has 146 heavy (non-hydrogen) atoms. The van der Waals surface area contributed by atoms with Crippen LogP contribution in [0.2, 0.25) is 0 Å². The van der Waals surface area contributed by atoms with Crippen LogP contribution in [-0.4, -0.2) is 59.4 Å². The first-order chi connectivity index (χ1) is 73.1. The smallest absolute Gasteiger partial charge is 0.216 e. The van der Waals surface area contributed by atoms with Crippen LogP contribution in [0, 0.1) is 118 Å². The minimum absolute atomic E-state index is 0. The van der Waals surface area contributed by atoms with E-state index >= 15 is 0 Å². The molecule has 734 valence electrons. The van der Waals surface area contributed by atoms with E-state index in [0.717, 1.165) is 173 Å². The first kappa shape index (κ1) is 94.7. The largest absolute Gasteiger partial charge is 0.486 e. The Hall–Kier alpha value is -14.8. The van der Waals surface area contributed by atoms with Gasteiger partial charge in [-0.3, -0.25) is 4.98 Å². The molecule has 10 aromatic carbocycles. The predicted molar refractivity (Wildman–Crippen MR) is 576 cm³/mol. The van der Waals surface area contributed by atoms with E-state index in [0.29, 0.717) is 34.3 Å². The maximum Gasteiger partial charge on any atom is 0.216 e. The Morgan fingerprint density at radius 3 is 1.16 bits per heavy atom. The summed E-state index contributed by atoms with van der Waals surface area (Å²) < 4.78 is 94.8. The Kier molecular flexibility index (Phi) is 33.5. The molecule has 14 aromatic heterocycles. The van der Waals surface area contributed by atoms with Crippen LogP contribution in [0.15, 0.2) is 378 Å². The summed E-state index contributed by atoms with van der Waals surface area (Å²) in [6.07, 6.45) is 11.6. The Morgan fingerprint density at radius 1 is 0.295 bits per heavy atom. The van der Waals surface area contributed by atoms with E-state index in [1.807, 2.05) is 266 Å². The third-order valence-corrected chi connectivity index (χ3v) is 23.2. The molecule has 0 atom stereocenters. The van der Waals surface area contributed by atoms with Crippen molar-refractivity contribution in [2.75, 3.05) is 0 Å². The quantitative estimate of drug-likeness (QED) is 0.111. The topological polar surface area (TPSA) is 186 Å². The molecule has 0 unspecified atom stereocenters. The summed E-state index contributed by atoms with van der Waals surface area (Å²) in [5.41, 5.74) is 30.0. The van der Waals surface area contributed by atoms with Gasteiger partial charge in [-0.05, 0) is 221 Å². The number of imidazole rings is 1. The fourth-order valence-electron chi connectivity index (χ4n) is 15.7. The van der Waals surface area contributed by atoms with Crippen molar-refractivity contribution in [3.63, 3.8) is 0 Å². The summed E-state index contributed by atoms with van der Waals surface area (Å²) in [7, 11) is 0. The minimum Gasteiger partial charge on any atom is -0.486 e. The number of fused-ring (bicyclic) bond motifs is 10. The molecular formula is C127H104Ir4N12O3-8. The third kappa shape index (κ3) is 26.6. The van der Waals surface area contributed by atoms with Crippen molar-refractivity contribution in [2.45, 2.75) is 109 Å². The van der Waals surface area contributed by atoms with Crippen molar-refractivity contribution >= 4 is 77.2 Å². The molecule has 0 amide bonds. The number of furan rings is 3. The first-order valence-corrected chi connectivity index (χ1v) is 46.3. The van der Waals surface area contributed by atoms with Crippen LogP contribution in [0.3, 0.4) is 0 Å². The number of aryl methyl sites for hydroxylation is 10. The molecule has 19 heteroatoms. The zero-order chi connectivity index (χ0) is 107. The third-order valence-electron chi connectivity index (χ3n) is 23.2. The molecule has 0 aliphatic rings. The van der Waals surface area contributed by atoms with Gasteiger partial charge in [-0.1, -0.05) is 174 Å². The zero-order valence-electron chi connectivity index (χ0n) is 91.6. The molecule has 0 saturated heterocycles. The maximum absolute atomic E-state index is 8.23. The Morgan fingerprint density at radius 2 is 0.719 bits per heavy atom. The molecule has 0 saturated carbocycles. The Labute approximate surface area is 921 Å². The molecule has 15 nitrogen and oxygen atoms in total. The van der Waals surface area contributed by atoms with E-state index in [2.05, 4.69) is 204 Å². The van der Waals surface area contributed by atoms with E-state index in [1.54, 1.807) is 54.9 Å². The van der Waals surface area contributed by atoms with Gasteiger partial charge in [0.15, 0.2) is 0 Å². The number of hydrogen-bond acceptors (Lipinski definition) is 14. The van der Waals surface area contributed by atoms with Gasteiger partial charge in [0.05, 0.1) is 33.6 Å². The van der Waals surface area contributed by atoms with Crippen LogP contribution in [0.25, 0.3) is 173 Å². The summed E-state index contributed by atoms with van der Waals surface area (Å²) in [4.78, 5) is 48.4. The van der Waals surface area contributed by atoms with Crippen molar-refractivity contribution in [1.29, 1.82) is 0 Å². The summed E-state index contributed by atoms with van der Waals surface area (Å²) in [5.74, 6) is 0.692. The van der Waals surface area contributed by atoms with Crippen LogP contribution in [0.4, 0.5) is 0 Å². The van der Waals surface area contributed by atoms with Gasteiger partial charge in [-0.15, -0.1) is 234 Å². The van der Waals surface area contributed by atoms with E-state index in [9.17, 15) is 0 Å². The van der Waals surface area contributed by atoms with Gasteiger partial charge in [-0.25, -0.2) is 15.0 Å². The molecule has 24 aromatic rings. The molecule has 14 heterocycles. The van der Waals surface area contributed by atoms with Crippen molar-refractivity contribution in [3.05, 3.63) is 481 Å². The number of aromatic nitrogens is 12. The van der Waals surface area contributed by atoms with Crippen molar-refractivity contribution < 1.29 is 107 Å². The number of hydrogen-bond donors (Lipinski definition) is 0. The summed E-state index contributed by atoms with van der Waals surface area (Å²) >= 11 is 0. The molecule has 4 radical (unpaired) electrons. The van der Waals surface area contributed by atoms with Gasteiger partial charge in [0.2, 0.25) is 17.1 Å². The van der Waals surface area contributed by atoms with Crippen LogP contribution in [0.5, 0.6) is 0 Å². The van der Waals surface area contributed by atoms with E-state index in [-0.39, 0.29) is 97.1 Å². The molecule has 0 aliphatic heterocycles. The van der Waals surface area contributed by atoms with E-state index in [4.69, 9.17) is 31.9 Å². The summed E-state index contributed by atoms with van der Waals surface area (Å²) in [6, 6.07) is 129. The SMILES string of the molecule is CC(C)c1ccccc1-n1c(-c2[c-]cccc2)nc2ccccc21.Cc1ccc(-c2[c-]cccc2)nc1.Cc1ccc2c(n1)oc1c(-c3ccccn3)[c-]ccc12.Cc1ccnc(-c2[c-]ccc3c2oc2nc(C)ccc23)c1.Cc1cnc(-c2[c-]cccc2)cc1C.[2H]C(C)(C)c1ccnc(-c2[c-]ccc3c2oc2nc(C)ccc23)c1.[2H]C([2H])([2H])c1ccc(-c2[c-]cccc2)nc1.[2H]C([2H])([2H])c1cnc(-c2[c-]cccc2)cc1C([2H])([2H])[2H].[Ir].[Ir].[Ir].[Ir]. The van der Waals surface area contributed by atoms with Gasteiger partial charge in [-0.2, -0.15) is 0 Å². The number of benzene rings is 10. The van der Waals surface area contributed by atoms with Gasteiger partial charge < -0.3 is 52.7 Å². The van der Waals surface area contributed by atoms with Gasteiger partial charge in [0, 0.05) is 176 Å². The van der Waals surface area contributed by atoms with E-state index < -0.39 is 26.4 Å². The van der Waals surface area contributed by atoms with Crippen LogP contribution >= 0.6 is 0 Å². The second-order valence-electron chi connectivity index (χ2n) is 34.1. The maximum atomic E-state index is 8.23. The number of pyridine rings is 10. The summed E-state index contributed by atoms with van der Waals surface area (Å²) in [5, 5.41) is 6.14. The van der Waals surface area contributed by atoms with Crippen molar-refractivity contribution in [1.82, 2.24) is 59.4 Å². The zero-order valence-corrected chi connectivity index (χ0v) is 91.2.